The zero-order valence-corrected chi connectivity index (χ0v) is 9.77. The van der Waals surface area contributed by atoms with Crippen LogP contribution >= 0.6 is 19.4 Å². The van der Waals surface area contributed by atoms with Crippen LogP contribution in [0.25, 0.3) is 0 Å². The Labute approximate surface area is 83.5 Å². The van der Waals surface area contributed by atoms with Crippen LogP contribution < -0.4 is 0 Å². The Kier molecular flexibility index (Phi) is 8.10. The molecule has 0 saturated carbocycles. The second-order valence-electron chi connectivity index (χ2n) is 2.22. The number of hydrogen-bond donors (Lipinski definition) is 1. The second kappa shape index (κ2) is 7.83. The highest BCUT2D eigenvalue weighted by Gasteiger charge is 2.20. The van der Waals surface area contributed by atoms with E-state index in [9.17, 15) is 4.57 Å². The number of aliphatic hydroxyl groups is 1. The highest BCUT2D eigenvalue weighted by molar-refractivity contribution is 7.99. The summed E-state index contributed by atoms with van der Waals surface area (Å²) in [7, 11) is -2.84. The summed E-state index contributed by atoms with van der Waals surface area (Å²) in [5, 5.41) is 8.48. The number of hydrogen-bond acceptors (Lipinski definition) is 5. The Morgan fingerprint density at radius 2 is 2.08 bits per heavy atom. The molecule has 0 spiro atoms. The highest BCUT2D eigenvalue weighted by Crippen LogP contribution is 2.48. The highest BCUT2D eigenvalue weighted by atomic mass is 32.2. The van der Waals surface area contributed by atoms with E-state index >= 15 is 0 Å². The van der Waals surface area contributed by atoms with Gasteiger partial charge in [0.2, 0.25) is 0 Å². The molecule has 4 nitrogen and oxygen atoms in total. The van der Waals surface area contributed by atoms with Gasteiger partial charge in [-0.15, -0.1) is 11.8 Å². The minimum atomic E-state index is -2.84. The molecule has 1 atom stereocenters. The van der Waals surface area contributed by atoms with Gasteiger partial charge in [-0.2, -0.15) is 0 Å². The van der Waals surface area contributed by atoms with Crippen molar-refractivity contribution in [1.29, 1.82) is 0 Å². The van der Waals surface area contributed by atoms with Crippen molar-refractivity contribution < 1.29 is 18.7 Å². The second-order valence-corrected chi connectivity index (χ2v) is 5.65. The summed E-state index contributed by atoms with van der Waals surface area (Å²) in [5.74, 6) is 0.904. The molecule has 0 heterocycles. The van der Waals surface area contributed by atoms with Gasteiger partial charge in [0.15, 0.2) is 0 Å². The van der Waals surface area contributed by atoms with Crippen LogP contribution in [0.3, 0.4) is 0 Å². The summed E-state index contributed by atoms with van der Waals surface area (Å²) < 4.78 is 21.7. The molecule has 0 bridgehead atoms. The molecule has 0 amide bonds. The zero-order chi connectivity index (χ0) is 10.2. The Morgan fingerprint density at radius 1 is 1.38 bits per heavy atom. The first kappa shape index (κ1) is 13.5. The minimum Gasteiger partial charge on any atom is -0.396 e. The number of rotatable bonds is 8. The van der Waals surface area contributed by atoms with Gasteiger partial charge >= 0.3 is 7.60 Å². The molecule has 6 heteroatoms. The molecular formula is C7H17O4PS. The van der Waals surface area contributed by atoms with E-state index in [0.29, 0.717) is 24.5 Å². The van der Waals surface area contributed by atoms with Crippen molar-refractivity contribution in [2.75, 3.05) is 31.1 Å². The smallest absolute Gasteiger partial charge is 0.331 e. The Morgan fingerprint density at radius 3 is 2.54 bits per heavy atom. The summed E-state index contributed by atoms with van der Waals surface area (Å²) in [6, 6.07) is 0. The molecule has 0 radical (unpaired) electrons. The molecule has 0 aliphatic heterocycles. The van der Waals surface area contributed by atoms with E-state index in [1.54, 1.807) is 13.8 Å². The summed E-state index contributed by atoms with van der Waals surface area (Å²) in [6.07, 6.45) is 0.389. The van der Waals surface area contributed by atoms with Crippen LogP contribution in [0.2, 0.25) is 0 Å². The molecule has 13 heavy (non-hydrogen) atoms. The minimum absolute atomic E-state index is 0.110. The first-order valence-electron chi connectivity index (χ1n) is 4.25. The Hall–Kier alpha value is 0.460. The maximum Gasteiger partial charge on any atom is 0.331 e. The number of thioether (sulfide) groups is 1. The summed E-state index contributed by atoms with van der Waals surface area (Å²) >= 11 is 1.40. The topological polar surface area (TPSA) is 55.8 Å². The lowest BCUT2D eigenvalue weighted by Crippen LogP contribution is -1.99. The summed E-state index contributed by atoms with van der Waals surface area (Å²) in [6.45, 7) is 4.06. The van der Waals surface area contributed by atoms with Crippen molar-refractivity contribution >= 4 is 19.4 Å². The third-order valence-corrected chi connectivity index (χ3v) is 4.16. The molecular weight excluding hydrogens is 211 g/mol. The van der Waals surface area contributed by atoms with Crippen LogP contribution in [-0.2, 0) is 13.6 Å². The van der Waals surface area contributed by atoms with E-state index in [4.69, 9.17) is 14.2 Å². The van der Waals surface area contributed by atoms with Crippen molar-refractivity contribution in [1.82, 2.24) is 0 Å². The molecule has 1 N–H and O–H groups in total. The van der Waals surface area contributed by atoms with Crippen LogP contribution in [0.4, 0.5) is 0 Å². The molecule has 0 aromatic rings. The Bertz CT molecular complexity index is 165. The molecule has 0 fully saturated rings. The van der Waals surface area contributed by atoms with Crippen LogP contribution in [0, 0.1) is 0 Å². The van der Waals surface area contributed by atoms with Gasteiger partial charge in [0.05, 0.1) is 13.2 Å². The number of aliphatic hydroxyl groups excluding tert-OH is 1. The first-order chi connectivity index (χ1) is 6.18. The largest absolute Gasteiger partial charge is 0.396 e. The van der Waals surface area contributed by atoms with Crippen LogP contribution in [0.15, 0.2) is 0 Å². The van der Waals surface area contributed by atoms with Gasteiger partial charge in [0.1, 0.15) is 5.94 Å². The van der Waals surface area contributed by atoms with Gasteiger partial charge in [0.25, 0.3) is 0 Å². The third-order valence-electron chi connectivity index (χ3n) is 1.28. The molecule has 0 aliphatic rings. The molecule has 0 rings (SSSR count). The van der Waals surface area contributed by atoms with E-state index in [1.165, 1.54) is 11.8 Å². The van der Waals surface area contributed by atoms with Gasteiger partial charge in [-0.25, -0.2) is 0 Å². The van der Waals surface area contributed by atoms with E-state index in [1.807, 2.05) is 0 Å². The maximum absolute atomic E-state index is 11.6. The molecule has 1 unspecified atom stereocenters. The van der Waals surface area contributed by atoms with Crippen molar-refractivity contribution in [2.24, 2.45) is 0 Å². The average Bonchev–Trinajstić information content (AvgIpc) is 2.13. The molecule has 80 valence electrons. The fourth-order valence-electron chi connectivity index (χ4n) is 0.658. The SMILES string of the molecule is CCOP(=O)(CC)OCSCCO. The van der Waals surface area contributed by atoms with E-state index in [-0.39, 0.29) is 6.61 Å². The van der Waals surface area contributed by atoms with Gasteiger partial charge in [-0.1, -0.05) is 6.92 Å². The van der Waals surface area contributed by atoms with Crippen LogP contribution in [-0.4, -0.2) is 36.2 Å². The van der Waals surface area contributed by atoms with Crippen LogP contribution in [0.5, 0.6) is 0 Å². The van der Waals surface area contributed by atoms with Crippen LogP contribution in [0.1, 0.15) is 13.8 Å². The van der Waals surface area contributed by atoms with Crippen molar-refractivity contribution in [3.63, 3.8) is 0 Å². The summed E-state index contributed by atoms with van der Waals surface area (Å²) in [5.41, 5.74) is 0. The molecule has 0 aliphatic carbocycles. The normalized spacial score (nSPS) is 15.6. The predicted octanol–water partition coefficient (Wildman–Crippen LogP) is 1.94. The lowest BCUT2D eigenvalue weighted by atomic mass is 10.9. The quantitative estimate of drug-likeness (QED) is 0.391. The van der Waals surface area contributed by atoms with Gasteiger partial charge in [-0.05, 0) is 6.92 Å². The van der Waals surface area contributed by atoms with E-state index in [0.717, 1.165) is 0 Å². The van der Waals surface area contributed by atoms with Gasteiger partial charge in [0, 0.05) is 11.9 Å². The fourth-order valence-corrected chi connectivity index (χ4v) is 2.68. The lowest BCUT2D eigenvalue weighted by molar-refractivity contribution is 0.238. The van der Waals surface area contributed by atoms with Crippen molar-refractivity contribution in [3.8, 4) is 0 Å². The van der Waals surface area contributed by atoms with Gasteiger partial charge in [-0.3, -0.25) is 9.09 Å². The van der Waals surface area contributed by atoms with E-state index < -0.39 is 7.60 Å². The zero-order valence-electron chi connectivity index (χ0n) is 8.06. The third kappa shape index (κ3) is 6.52. The molecule has 0 saturated heterocycles. The molecule has 0 aromatic carbocycles. The molecule has 0 aromatic heterocycles. The predicted molar refractivity (Wildman–Crippen MR) is 55.3 cm³/mol. The summed E-state index contributed by atoms with van der Waals surface area (Å²) in [4.78, 5) is 0. The Balaban J connectivity index is 3.64. The fraction of sp³-hybridized carbons (Fsp3) is 1.00. The standard InChI is InChI=1S/C7H17O4PS/c1-3-10-12(9,4-2)11-7-13-6-5-8/h8H,3-7H2,1-2H3. The maximum atomic E-state index is 11.6. The lowest BCUT2D eigenvalue weighted by Gasteiger charge is -2.15. The monoisotopic (exact) mass is 228 g/mol. The van der Waals surface area contributed by atoms with Crippen molar-refractivity contribution in [3.05, 3.63) is 0 Å². The first-order valence-corrected chi connectivity index (χ1v) is 7.13. The van der Waals surface area contributed by atoms with Gasteiger partial charge < -0.3 is 9.63 Å². The van der Waals surface area contributed by atoms with Crippen molar-refractivity contribution in [2.45, 2.75) is 13.8 Å². The van der Waals surface area contributed by atoms with E-state index in [2.05, 4.69) is 0 Å². The average molecular weight is 228 g/mol.